The van der Waals surface area contributed by atoms with E-state index in [0.29, 0.717) is 41.4 Å². The Morgan fingerprint density at radius 2 is 1.67 bits per heavy atom. The van der Waals surface area contributed by atoms with Crippen LogP contribution in [0.2, 0.25) is 0 Å². The highest BCUT2D eigenvalue weighted by molar-refractivity contribution is 6.01. The highest BCUT2D eigenvalue weighted by Gasteiger charge is 2.29. The van der Waals surface area contributed by atoms with Crippen molar-refractivity contribution in [2.24, 2.45) is 11.7 Å². The molecular weight excluding hydrogens is 580 g/mol. The van der Waals surface area contributed by atoms with Crippen LogP contribution in [-0.4, -0.2) is 49.0 Å². The molecule has 0 bridgehead atoms. The standard InChI is InChI=1S/C35H34N8O3/c1-20(2)34(45)41-15-13-23(14-16-41)28-17-26(31-32(37)39-19-40-43(28)31)22-9-11-24(12-10-22)29-27(18-36)21(3)42(25-7-5-4-6-8-25)35(46)30(29)33(38)44/h4-12,17,19-20,23H,13-16H2,1-3H3,(H2,38,44)(H2,37,39,40). The summed E-state index contributed by atoms with van der Waals surface area (Å²) in [6, 6.07) is 20.3. The van der Waals surface area contributed by atoms with Crippen molar-refractivity contribution in [2.45, 2.75) is 39.5 Å². The number of fused-ring (bicyclic) bond motifs is 1. The Morgan fingerprint density at radius 1 is 1.02 bits per heavy atom. The summed E-state index contributed by atoms with van der Waals surface area (Å²) in [6.45, 7) is 6.86. The van der Waals surface area contributed by atoms with Gasteiger partial charge >= 0.3 is 0 Å². The average molecular weight is 615 g/mol. The number of carbonyl (C=O) groups is 2. The predicted octanol–water partition coefficient (Wildman–Crippen LogP) is 4.44. The molecule has 6 rings (SSSR count). The number of para-hydroxylation sites is 1. The number of nitrogens with two attached hydrogens (primary N) is 2. The lowest BCUT2D eigenvalue weighted by molar-refractivity contribution is -0.135. The van der Waals surface area contributed by atoms with Crippen molar-refractivity contribution in [2.75, 3.05) is 18.8 Å². The quantitative estimate of drug-likeness (QED) is 0.285. The molecule has 0 atom stereocenters. The summed E-state index contributed by atoms with van der Waals surface area (Å²) in [5, 5.41) is 14.8. The molecule has 46 heavy (non-hydrogen) atoms. The molecule has 2 amide bonds. The van der Waals surface area contributed by atoms with Crippen molar-refractivity contribution in [3.63, 3.8) is 0 Å². The van der Waals surface area contributed by atoms with E-state index in [1.807, 2.05) is 41.5 Å². The van der Waals surface area contributed by atoms with Crippen LogP contribution in [0.3, 0.4) is 0 Å². The molecule has 1 fully saturated rings. The van der Waals surface area contributed by atoms with Gasteiger partial charge in [0.1, 0.15) is 23.5 Å². The van der Waals surface area contributed by atoms with E-state index in [2.05, 4.69) is 22.2 Å². The van der Waals surface area contributed by atoms with E-state index in [9.17, 15) is 19.6 Å². The second-order valence-electron chi connectivity index (χ2n) is 11.9. The van der Waals surface area contributed by atoms with Crippen LogP contribution in [-0.2, 0) is 4.79 Å². The van der Waals surface area contributed by atoms with Gasteiger partial charge in [-0.2, -0.15) is 10.4 Å². The second kappa shape index (κ2) is 12.0. The zero-order chi connectivity index (χ0) is 32.7. The lowest BCUT2D eigenvalue weighted by atomic mass is 9.91. The highest BCUT2D eigenvalue weighted by atomic mass is 16.2. The van der Waals surface area contributed by atoms with Crippen molar-refractivity contribution < 1.29 is 9.59 Å². The average Bonchev–Trinajstić information content (AvgIpc) is 3.45. The Labute approximate surface area is 265 Å². The fourth-order valence-electron chi connectivity index (χ4n) is 6.51. The Kier molecular flexibility index (Phi) is 7.88. The molecule has 2 aromatic carbocycles. The molecule has 11 nitrogen and oxygen atoms in total. The van der Waals surface area contributed by atoms with Crippen LogP contribution >= 0.6 is 0 Å². The van der Waals surface area contributed by atoms with Crippen LogP contribution in [0.1, 0.15) is 59.9 Å². The molecule has 4 N–H and O–H groups in total. The molecule has 0 unspecified atom stereocenters. The van der Waals surface area contributed by atoms with Gasteiger partial charge in [0, 0.05) is 53.1 Å². The van der Waals surface area contributed by atoms with Gasteiger partial charge in [0.05, 0.1) is 5.56 Å². The van der Waals surface area contributed by atoms with E-state index >= 15 is 0 Å². The summed E-state index contributed by atoms with van der Waals surface area (Å²) in [6.07, 6.45) is 3.03. The summed E-state index contributed by atoms with van der Waals surface area (Å²) in [5.74, 6) is -0.297. The number of amides is 2. The van der Waals surface area contributed by atoms with E-state index in [1.54, 1.807) is 43.3 Å². The number of pyridine rings is 1. The van der Waals surface area contributed by atoms with Gasteiger partial charge in [-0.1, -0.05) is 56.3 Å². The first kappa shape index (κ1) is 30.3. The molecule has 1 aliphatic heterocycles. The van der Waals surface area contributed by atoms with Gasteiger partial charge in [0.25, 0.3) is 11.5 Å². The molecule has 5 aromatic rings. The van der Waals surface area contributed by atoms with E-state index in [4.69, 9.17) is 11.5 Å². The third-order valence-electron chi connectivity index (χ3n) is 8.80. The van der Waals surface area contributed by atoms with Gasteiger partial charge < -0.3 is 16.4 Å². The zero-order valence-electron chi connectivity index (χ0n) is 25.9. The normalized spacial score (nSPS) is 13.7. The van der Waals surface area contributed by atoms with Crippen molar-refractivity contribution in [3.05, 3.63) is 99.9 Å². The fraction of sp³-hybridized carbons (Fsp3) is 0.257. The van der Waals surface area contributed by atoms with Crippen LogP contribution in [0.15, 0.2) is 71.8 Å². The molecule has 11 heteroatoms. The smallest absolute Gasteiger partial charge is 0.268 e. The maximum Gasteiger partial charge on any atom is 0.268 e. The first-order chi connectivity index (χ1) is 22.1. The van der Waals surface area contributed by atoms with Gasteiger partial charge in [0.2, 0.25) is 5.91 Å². The Morgan fingerprint density at radius 3 is 2.28 bits per heavy atom. The first-order valence-corrected chi connectivity index (χ1v) is 15.2. The van der Waals surface area contributed by atoms with Gasteiger partial charge in [-0.05, 0) is 49.1 Å². The fourth-order valence-corrected chi connectivity index (χ4v) is 6.51. The maximum atomic E-state index is 13.7. The predicted molar refractivity (Wildman–Crippen MR) is 175 cm³/mol. The Balaban J connectivity index is 1.43. The summed E-state index contributed by atoms with van der Waals surface area (Å²) in [5.41, 5.74) is 16.4. The molecule has 4 heterocycles. The van der Waals surface area contributed by atoms with Gasteiger partial charge in [-0.3, -0.25) is 19.0 Å². The number of anilines is 1. The lowest BCUT2D eigenvalue weighted by Crippen LogP contribution is -2.40. The van der Waals surface area contributed by atoms with Crippen LogP contribution in [0, 0.1) is 24.2 Å². The Hall–Kier alpha value is -5.76. The number of carbonyl (C=O) groups excluding carboxylic acids is 2. The molecular formula is C35H34N8O3. The van der Waals surface area contributed by atoms with E-state index in [0.717, 1.165) is 29.7 Å². The monoisotopic (exact) mass is 614 g/mol. The van der Waals surface area contributed by atoms with Crippen molar-refractivity contribution in [3.8, 4) is 34.0 Å². The molecule has 0 spiro atoms. The summed E-state index contributed by atoms with van der Waals surface area (Å²) < 4.78 is 3.18. The molecule has 0 radical (unpaired) electrons. The number of hydrogen-bond donors (Lipinski definition) is 2. The van der Waals surface area contributed by atoms with Gasteiger partial charge in [-0.15, -0.1) is 0 Å². The minimum atomic E-state index is -0.917. The molecule has 232 valence electrons. The van der Waals surface area contributed by atoms with Gasteiger partial charge in [0.15, 0.2) is 5.82 Å². The number of nitriles is 1. The number of likely N-dealkylation sites (tertiary alicyclic amines) is 1. The SMILES string of the molecule is Cc1c(C#N)c(-c2ccc(-c3cc(C4CCN(C(=O)C(C)C)CC4)n4ncnc(N)c34)cc2)c(C(N)=O)c(=O)n1-c1ccccc1. The van der Waals surface area contributed by atoms with E-state index in [1.165, 1.54) is 10.9 Å². The summed E-state index contributed by atoms with van der Waals surface area (Å²) >= 11 is 0. The third kappa shape index (κ3) is 5.07. The van der Waals surface area contributed by atoms with E-state index < -0.39 is 11.5 Å². The van der Waals surface area contributed by atoms with Crippen molar-refractivity contribution >= 4 is 23.1 Å². The van der Waals surface area contributed by atoms with Gasteiger partial charge in [-0.25, -0.2) is 9.50 Å². The second-order valence-corrected chi connectivity index (χ2v) is 11.9. The minimum absolute atomic E-state index is 0.0409. The molecule has 3 aromatic heterocycles. The molecule has 0 aliphatic carbocycles. The Bertz CT molecular complexity index is 2080. The number of primary amides is 1. The lowest BCUT2D eigenvalue weighted by Gasteiger charge is -2.33. The number of hydrogen-bond acceptors (Lipinski definition) is 7. The largest absolute Gasteiger partial charge is 0.382 e. The van der Waals surface area contributed by atoms with Crippen molar-refractivity contribution in [1.29, 1.82) is 5.26 Å². The summed E-state index contributed by atoms with van der Waals surface area (Å²) in [4.78, 5) is 45.2. The number of rotatable bonds is 6. The van der Waals surface area contributed by atoms with Crippen LogP contribution in [0.4, 0.5) is 5.82 Å². The van der Waals surface area contributed by atoms with Crippen molar-refractivity contribution in [1.82, 2.24) is 24.1 Å². The number of nitrogen functional groups attached to an aromatic ring is 1. The zero-order valence-corrected chi connectivity index (χ0v) is 25.9. The number of nitrogens with zero attached hydrogens (tertiary/aromatic N) is 6. The number of piperidine rings is 1. The van der Waals surface area contributed by atoms with Crippen LogP contribution < -0.4 is 17.0 Å². The maximum absolute atomic E-state index is 13.7. The molecule has 1 aliphatic rings. The number of benzene rings is 2. The van der Waals surface area contributed by atoms with Crippen LogP contribution in [0.5, 0.6) is 0 Å². The van der Waals surface area contributed by atoms with E-state index in [-0.39, 0.29) is 34.4 Å². The number of aromatic nitrogens is 4. The first-order valence-electron chi connectivity index (χ1n) is 15.2. The molecule has 1 saturated heterocycles. The molecule has 0 saturated carbocycles. The van der Waals surface area contributed by atoms with Crippen LogP contribution in [0.25, 0.3) is 33.5 Å². The topological polar surface area (TPSA) is 165 Å². The third-order valence-corrected chi connectivity index (χ3v) is 8.80. The summed E-state index contributed by atoms with van der Waals surface area (Å²) in [7, 11) is 0. The highest BCUT2D eigenvalue weighted by Crippen LogP contribution is 2.38. The minimum Gasteiger partial charge on any atom is -0.382 e.